The molecule has 1 rings (SSSR count). The second-order valence-electron chi connectivity index (χ2n) is 23.9. The van der Waals surface area contributed by atoms with E-state index in [-0.39, 0.29) is 19.4 Å². The number of unbranched alkanes of at least 4 members (excludes halogenated alkanes) is 29. The van der Waals surface area contributed by atoms with E-state index in [1.165, 1.54) is 135 Å². The molecule has 1 heterocycles. The van der Waals surface area contributed by atoms with Crippen LogP contribution in [0.25, 0.3) is 0 Å². The van der Waals surface area contributed by atoms with Crippen LogP contribution in [0.1, 0.15) is 290 Å². The van der Waals surface area contributed by atoms with E-state index < -0.39 is 67.4 Å². The van der Waals surface area contributed by atoms with E-state index in [1.54, 1.807) is 6.08 Å². The summed E-state index contributed by atoms with van der Waals surface area (Å²) in [6.07, 6.45) is 74.1. The average Bonchev–Trinajstić information content (AvgIpc) is 3.59. The van der Waals surface area contributed by atoms with E-state index in [1.807, 2.05) is 6.08 Å². The fourth-order valence-electron chi connectivity index (χ4n) is 10.4. The zero-order valence-electron chi connectivity index (χ0n) is 54.9. The molecule has 6 N–H and O–H groups in total. The number of esters is 1. The lowest BCUT2D eigenvalue weighted by Gasteiger charge is -2.41. The van der Waals surface area contributed by atoms with Crippen molar-refractivity contribution in [1.82, 2.24) is 5.32 Å². The Hall–Kier alpha value is -3.68. The molecule has 86 heavy (non-hydrogen) atoms. The third-order valence-electron chi connectivity index (χ3n) is 15.9. The number of carbonyl (C=O) groups is 2. The fourth-order valence-corrected chi connectivity index (χ4v) is 10.4. The number of hydrogen-bond acceptors (Lipinski definition) is 10. The summed E-state index contributed by atoms with van der Waals surface area (Å²) in [5, 5.41) is 57.2. The minimum Gasteiger partial charge on any atom is -0.454 e. The Morgan fingerprint density at radius 2 is 0.837 bits per heavy atom. The van der Waals surface area contributed by atoms with Crippen molar-refractivity contribution in [2.24, 2.45) is 0 Å². The molecule has 0 aromatic carbocycles. The molecule has 11 heteroatoms. The summed E-state index contributed by atoms with van der Waals surface area (Å²) >= 11 is 0. The maximum Gasteiger partial charge on any atom is 0.306 e. The van der Waals surface area contributed by atoms with E-state index in [0.29, 0.717) is 12.8 Å². The van der Waals surface area contributed by atoms with E-state index in [4.69, 9.17) is 14.2 Å². The number of carbonyl (C=O) groups excluding carboxylic acids is 2. The second-order valence-corrected chi connectivity index (χ2v) is 23.9. The van der Waals surface area contributed by atoms with E-state index >= 15 is 0 Å². The van der Waals surface area contributed by atoms with Crippen molar-refractivity contribution >= 4 is 11.9 Å². The standard InChI is InChI=1S/C75H129NO10/c1-4-7-10-13-16-19-22-25-27-29-31-33-35-37-39-41-43-45-48-51-54-57-60-63-70(80)86-73-72(82)71(81)69(64-77)85-75(73)84-65-66(67(78)61-58-55-52-49-46-24-21-18-15-12-9-6-3)76-74(83)68(79)62-59-56-53-50-47-44-42-40-38-36-34-32-30-28-26-23-20-17-14-11-8-5-2/h8,11,16-17,19-20,25-28,32,34,38,40,44,47,58,61,66-69,71-73,75,77-79,81-82H,4-7,9-10,12-15,18,21-24,29-31,33,35-37,39,41-43,45-46,48-57,59-60,62-65H2,1-3H3,(H,76,83)/b11-8-,19-16-,20-17-,27-25-,28-26-,34-32-,40-38-,47-44-,61-58+. The fraction of sp³-hybridized carbons (Fsp3) is 0.733. The molecule has 0 saturated carbocycles. The molecule has 0 spiro atoms. The summed E-state index contributed by atoms with van der Waals surface area (Å²) < 4.78 is 17.7. The largest absolute Gasteiger partial charge is 0.454 e. The van der Waals surface area contributed by atoms with Gasteiger partial charge in [-0.2, -0.15) is 0 Å². The molecular weight excluding hydrogens is 1070 g/mol. The normalized spacial score (nSPS) is 19.0. The van der Waals surface area contributed by atoms with Gasteiger partial charge in [0.05, 0.1) is 25.4 Å². The van der Waals surface area contributed by atoms with Gasteiger partial charge in [0.2, 0.25) is 5.91 Å². The third kappa shape index (κ3) is 48.3. The van der Waals surface area contributed by atoms with Gasteiger partial charge in [-0.15, -0.1) is 0 Å². The predicted molar refractivity (Wildman–Crippen MR) is 361 cm³/mol. The van der Waals surface area contributed by atoms with Crippen molar-refractivity contribution in [3.05, 3.63) is 109 Å². The Balaban J connectivity index is 2.61. The first kappa shape index (κ1) is 80.3. The minimum absolute atomic E-state index is 0.115. The van der Waals surface area contributed by atoms with Crippen LogP contribution in [0, 0.1) is 0 Å². The number of rotatable bonds is 59. The summed E-state index contributed by atoms with van der Waals surface area (Å²) in [4.78, 5) is 26.7. The Bertz CT molecular complexity index is 1820. The first-order chi connectivity index (χ1) is 42.2. The third-order valence-corrected chi connectivity index (χ3v) is 15.9. The summed E-state index contributed by atoms with van der Waals surface area (Å²) in [5.41, 5.74) is 0. The van der Waals surface area contributed by atoms with Crippen LogP contribution in [0.4, 0.5) is 0 Å². The number of aliphatic hydroxyl groups is 5. The second kappa shape index (κ2) is 61.6. The van der Waals surface area contributed by atoms with Crippen molar-refractivity contribution < 1.29 is 49.3 Å². The maximum absolute atomic E-state index is 13.5. The molecule has 1 fully saturated rings. The first-order valence-corrected chi connectivity index (χ1v) is 35.2. The molecule has 1 aliphatic heterocycles. The lowest BCUT2D eigenvalue weighted by atomic mass is 9.99. The average molecular weight is 1200 g/mol. The highest BCUT2D eigenvalue weighted by Crippen LogP contribution is 2.26. The van der Waals surface area contributed by atoms with Crippen molar-refractivity contribution in [1.29, 1.82) is 0 Å². The van der Waals surface area contributed by atoms with Gasteiger partial charge in [-0.05, 0) is 109 Å². The number of amides is 1. The molecule has 0 aliphatic carbocycles. The van der Waals surface area contributed by atoms with Crippen LogP contribution in [0.5, 0.6) is 0 Å². The van der Waals surface area contributed by atoms with Crippen LogP contribution >= 0.6 is 0 Å². The van der Waals surface area contributed by atoms with Gasteiger partial charge >= 0.3 is 5.97 Å². The minimum atomic E-state index is -1.63. The Labute approximate surface area is 526 Å². The molecule has 0 radical (unpaired) electrons. The van der Waals surface area contributed by atoms with Crippen LogP contribution in [-0.4, -0.2) is 99.6 Å². The van der Waals surface area contributed by atoms with Crippen LogP contribution < -0.4 is 5.32 Å². The van der Waals surface area contributed by atoms with Gasteiger partial charge in [-0.3, -0.25) is 9.59 Å². The quantitative estimate of drug-likeness (QED) is 0.0195. The lowest BCUT2D eigenvalue weighted by Crippen LogP contribution is -2.61. The Kier molecular flexibility index (Phi) is 57.5. The lowest BCUT2D eigenvalue weighted by molar-refractivity contribution is -0.305. The van der Waals surface area contributed by atoms with Crippen LogP contribution in [-0.2, 0) is 23.8 Å². The summed E-state index contributed by atoms with van der Waals surface area (Å²) in [5.74, 6) is -1.22. The molecule has 0 bridgehead atoms. The Morgan fingerprint density at radius 1 is 0.465 bits per heavy atom. The van der Waals surface area contributed by atoms with Gasteiger partial charge in [0.15, 0.2) is 12.4 Å². The van der Waals surface area contributed by atoms with Crippen molar-refractivity contribution in [3.63, 3.8) is 0 Å². The van der Waals surface area contributed by atoms with Crippen molar-refractivity contribution in [3.8, 4) is 0 Å². The van der Waals surface area contributed by atoms with E-state index in [0.717, 1.165) is 109 Å². The maximum atomic E-state index is 13.5. The van der Waals surface area contributed by atoms with Crippen LogP contribution in [0.15, 0.2) is 109 Å². The SMILES string of the molecule is CC/C=C\C/C=C\C/C=C\C/C=C\C/C=C\C/C=C\CCCCCC(O)C(=O)NC(COC1OC(CO)C(O)C(O)C1OC(=O)CCCCCCCCCCCCCCC/C=C\C/C=C\CCCCC)C(O)/C=C/CCCCCCCCCCCC. The van der Waals surface area contributed by atoms with Crippen LogP contribution in [0.2, 0.25) is 0 Å². The molecular formula is C75H129NO10. The molecule has 1 aliphatic rings. The predicted octanol–water partition coefficient (Wildman–Crippen LogP) is 18.0. The summed E-state index contributed by atoms with van der Waals surface area (Å²) in [7, 11) is 0. The van der Waals surface area contributed by atoms with Gasteiger partial charge < -0.3 is 45.1 Å². The molecule has 8 unspecified atom stereocenters. The number of hydrogen-bond donors (Lipinski definition) is 6. The van der Waals surface area contributed by atoms with Gasteiger partial charge in [0.25, 0.3) is 0 Å². The molecule has 494 valence electrons. The summed E-state index contributed by atoms with van der Waals surface area (Å²) in [6.45, 7) is 5.65. The Morgan fingerprint density at radius 3 is 1.28 bits per heavy atom. The number of allylic oxidation sites excluding steroid dienone is 17. The highest BCUT2D eigenvalue weighted by Gasteiger charge is 2.47. The van der Waals surface area contributed by atoms with E-state index in [9.17, 15) is 35.1 Å². The zero-order valence-corrected chi connectivity index (χ0v) is 54.9. The van der Waals surface area contributed by atoms with E-state index in [2.05, 4.69) is 123 Å². The van der Waals surface area contributed by atoms with Crippen molar-refractivity contribution in [2.45, 2.75) is 339 Å². The number of nitrogens with one attached hydrogen (secondary N) is 1. The molecule has 0 aromatic heterocycles. The molecule has 11 nitrogen and oxygen atoms in total. The molecule has 1 saturated heterocycles. The van der Waals surface area contributed by atoms with Gasteiger partial charge in [0, 0.05) is 6.42 Å². The number of aliphatic hydroxyl groups excluding tert-OH is 5. The first-order valence-electron chi connectivity index (χ1n) is 35.2. The zero-order chi connectivity index (χ0) is 62.4. The number of ether oxygens (including phenoxy) is 3. The molecule has 8 atom stereocenters. The monoisotopic (exact) mass is 1200 g/mol. The van der Waals surface area contributed by atoms with Gasteiger partial charge in [-0.25, -0.2) is 0 Å². The smallest absolute Gasteiger partial charge is 0.306 e. The van der Waals surface area contributed by atoms with Gasteiger partial charge in [0.1, 0.15) is 24.4 Å². The highest BCUT2D eigenvalue weighted by atomic mass is 16.7. The van der Waals surface area contributed by atoms with Crippen molar-refractivity contribution in [2.75, 3.05) is 13.2 Å². The van der Waals surface area contributed by atoms with Gasteiger partial charge in [-0.1, -0.05) is 284 Å². The summed E-state index contributed by atoms with van der Waals surface area (Å²) in [6, 6.07) is -1.05. The highest BCUT2D eigenvalue weighted by molar-refractivity contribution is 5.80. The molecule has 0 aromatic rings. The molecule has 1 amide bonds. The topological polar surface area (TPSA) is 175 Å². The van der Waals surface area contributed by atoms with Crippen LogP contribution in [0.3, 0.4) is 0 Å².